The molecule has 3 heterocycles. The number of H-pyrrole nitrogens is 2. The number of nitrogens with one attached hydrogen (secondary N) is 2. The lowest BCUT2D eigenvalue weighted by Gasteiger charge is -2.20. The van der Waals surface area contributed by atoms with Gasteiger partial charge in [0.25, 0.3) is 11.1 Å². The van der Waals surface area contributed by atoms with Gasteiger partial charge in [-0.1, -0.05) is 12.1 Å². The molecule has 9 heteroatoms. The maximum atomic E-state index is 13.6. The monoisotopic (exact) mass is 462 g/mol. The van der Waals surface area contributed by atoms with Crippen molar-refractivity contribution in [3.63, 3.8) is 0 Å². The number of ether oxygens (including phenoxy) is 1. The zero-order valence-corrected chi connectivity index (χ0v) is 19.2. The summed E-state index contributed by atoms with van der Waals surface area (Å²) in [6.07, 6.45) is 3.48. The van der Waals surface area contributed by atoms with Crippen LogP contribution in [-0.2, 0) is 22.5 Å². The number of aromatic hydroxyl groups is 1. The standard InChI is InChI=1S/C25H26N4O5/c1-14-4-5-16-10-19(24(32)28-20(16)8-14)18(11-22(31)34-3)23-21(30)9-15(2)29(25(23)33)7-6-17-12-26-13-27-17/h4-5,8-10,12-13,18,30H,6-7,11H2,1-3H3,(H,26,27)(H,28,32). The minimum atomic E-state index is -0.992. The Bertz CT molecular complexity index is 1470. The molecule has 0 aliphatic heterocycles. The molecule has 0 saturated heterocycles. The Morgan fingerprint density at radius 2 is 2.00 bits per heavy atom. The van der Waals surface area contributed by atoms with Gasteiger partial charge < -0.3 is 24.4 Å². The lowest BCUT2D eigenvalue weighted by Crippen LogP contribution is -2.31. The van der Waals surface area contributed by atoms with E-state index in [0.29, 0.717) is 24.2 Å². The fourth-order valence-corrected chi connectivity index (χ4v) is 4.24. The fourth-order valence-electron chi connectivity index (χ4n) is 4.24. The van der Waals surface area contributed by atoms with E-state index in [1.54, 1.807) is 25.5 Å². The first-order chi connectivity index (χ1) is 16.3. The molecule has 0 bridgehead atoms. The number of methoxy groups -OCH3 is 1. The lowest BCUT2D eigenvalue weighted by molar-refractivity contribution is -0.140. The molecule has 0 saturated carbocycles. The first-order valence-corrected chi connectivity index (χ1v) is 10.9. The number of hydrogen-bond acceptors (Lipinski definition) is 6. The lowest BCUT2D eigenvalue weighted by atomic mass is 9.88. The van der Waals surface area contributed by atoms with E-state index in [-0.39, 0.29) is 23.3 Å². The van der Waals surface area contributed by atoms with Gasteiger partial charge in [0.2, 0.25) is 0 Å². The van der Waals surface area contributed by atoms with E-state index >= 15 is 0 Å². The normalized spacial score (nSPS) is 12.1. The molecule has 4 aromatic rings. The molecular weight excluding hydrogens is 436 g/mol. The van der Waals surface area contributed by atoms with Crippen LogP contribution < -0.4 is 11.1 Å². The average Bonchev–Trinajstić information content (AvgIpc) is 3.31. The van der Waals surface area contributed by atoms with Gasteiger partial charge in [-0.3, -0.25) is 14.4 Å². The SMILES string of the molecule is COC(=O)CC(c1cc2ccc(C)cc2[nH]c1=O)c1c(O)cc(C)n(CCc2cnc[nH]2)c1=O. The van der Waals surface area contributed by atoms with Gasteiger partial charge in [-0.25, -0.2) is 4.98 Å². The van der Waals surface area contributed by atoms with Crippen molar-refractivity contribution in [1.29, 1.82) is 0 Å². The number of carbonyl (C=O) groups excluding carboxylic acids is 1. The number of imidazole rings is 1. The molecule has 4 rings (SSSR count). The number of fused-ring (bicyclic) bond motifs is 1. The van der Waals surface area contributed by atoms with Crippen LogP contribution >= 0.6 is 0 Å². The number of benzene rings is 1. The van der Waals surface area contributed by atoms with Crippen molar-refractivity contribution in [1.82, 2.24) is 19.5 Å². The molecule has 1 aromatic carbocycles. The Labute approximate surface area is 195 Å². The quantitative estimate of drug-likeness (QED) is 0.362. The van der Waals surface area contributed by atoms with Crippen LogP contribution in [0.25, 0.3) is 10.9 Å². The number of pyridine rings is 2. The predicted molar refractivity (Wildman–Crippen MR) is 127 cm³/mol. The third-order valence-corrected chi connectivity index (χ3v) is 6.04. The van der Waals surface area contributed by atoms with Crippen molar-refractivity contribution >= 4 is 16.9 Å². The minimum Gasteiger partial charge on any atom is -0.507 e. The summed E-state index contributed by atoms with van der Waals surface area (Å²) in [7, 11) is 1.24. The van der Waals surface area contributed by atoms with Crippen LogP contribution in [0, 0.1) is 13.8 Å². The molecule has 0 aliphatic carbocycles. The van der Waals surface area contributed by atoms with Crippen LogP contribution in [0.5, 0.6) is 5.75 Å². The van der Waals surface area contributed by atoms with Crippen LogP contribution in [0.4, 0.5) is 0 Å². The Hall–Kier alpha value is -4.14. The molecule has 1 atom stereocenters. The maximum absolute atomic E-state index is 13.6. The second kappa shape index (κ2) is 9.38. The van der Waals surface area contributed by atoms with E-state index in [0.717, 1.165) is 16.6 Å². The van der Waals surface area contributed by atoms with Crippen molar-refractivity contribution in [2.75, 3.05) is 7.11 Å². The van der Waals surface area contributed by atoms with Gasteiger partial charge in [-0.2, -0.15) is 0 Å². The van der Waals surface area contributed by atoms with E-state index in [4.69, 9.17) is 4.74 Å². The summed E-state index contributed by atoms with van der Waals surface area (Å²) < 4.78 is 6.37. The Morgan fingerprint density at radius 1 is 1.21 bits per heavy atom. The highest BCUT2D eigenvalue weighted by Crippen LogP contribution is 2.32. The molecule has 34 heavy (non-hydrogen) atoms. The van der Waals surface area contributed by atoms with Crippen molar-refractivity contribution in [2.45, 2.75) is 39.2 Å². The molecular formula is C25H26N4O5. The molecule has 3 N–H and O–H groups in total. The van der Waals surface area contributed by atoms with Crippen molar-refractivity contribution in [2.24, 2.45) is 0 Å². The smallest absolute Gasteiger partial charge is 0.306 e. The van der Waals surface area contributed by atoms with Gasteiger partial charge in [-0.05, 0) is 43.0 Å². The first-order valence-electron chi connectivity index (χ1n) is 10.9. The van der Waals surface area contributed by atoms with Crippen LogP contribution in [-0.4, -0.2) is 37.7 Å². The molecule has 3 aromatic heterocycles. The van der Waals surface area contributed by atoms with E-state index in [9.17, 15) is 19.5 Å². The number of aryl methyl sites for hydroxylation is 3. The van der Waals surface area contributed by atoms with Gasteiger partial charge in [0.1, 0.15) is 5.75 Å². The summed E-state index contributed by atoms with van der Waals surface area (Å²) >= 11 is 0. The summed E-state index contributed by atoms with van der Waals surface area (Å²) in [5.74, 6) is -1.86. The molecule has 9 nitrogen and oxygen atoms in total. The van der Waals surface area contributed by atoms with Crippen molar-refractivity contribution < 1.29 is 14.6 Å². The molecule has 176 valence electrons. The Morgan fingerprint density at radius 3 is 2.71 bits per heavy atom. The molecule has 0 spiro atoms. The highest BCUT2D eigenvalue weighted by atomic mass is 16.5. The number of aromatic nitrogens is 4. The number of esters is 1. The van der Waals surface area contributed by atoms with Crippen LogP contribution in [0.1, 0.15) is 40.4 Å². The molecule has 0 fully saturated rings. The zero-order valence-electron chi connectivity index (χ0n) is 19.2. The molecule has 1 unspecified atom stereocenters. The zero-order chi connectivity index (χ0) is 24.4. The van der Waals surface area contributed by atoms with Crippen LogP contribution in [0.3, 0.4) is 0 Å². The summed E-state index contributed by atoms with van der Waals surface area (Å²) in [6, 6.07) is 8.76. The van der Waals surface area contributed by atoms with E-state index < -0.39 is 23.0 Å². The van der Waals surface area contributed by atoms with Gasteiger partial charge in [0.05, 0.1) is 25.4 Å². The van der Waals surface area contributed by atoms with Crippen LogP contribution in [0.15, 0.2) is 52.4 Å². The number of hydrogen-bond donors (Lipinski definition) is 3. The Kier molecular flexibility index (Phi) is 6.36. The average molecular weight is 463 g/mol. The van der Waals surface area contributed by atoms with E-state index in [2.05, 4.69) is 15.0 Å². The van der Waals surface area contributed by atoms with Gasteiger partial charge in [0.15, 0.2) is 0 Å². The van der Waals surface area contributed by atoms with Gasteiger partial charge >= 0.3 is 5.97 Å². The molecule has 0 radical (unpaired) electrons. The number of rotatable bonds is 7. The summed E-state index contributed by atoms with van der Waals surface area (Å²) in [5.41, 5.74) is 2.34. The first kappa shape index (κ1) is 23.0. The minimum absolute atomic E-state index is 0.0161. The van der Waals surface area contributed by atoms with Crippen molar-refractivity contribution in [3.05, 3.63) is 91.6 Å². The summed E-state index contributed by atoms with van der Waals surface area (Å²) in [6.45, 7) is 3.97. The molecule has 0 aliphatic rings. The number of nitrogens with zero attached hydrogens (tertiary/aromatic N) is 2. The maximum Gasteiger partial charge on any atom is 0.306 e. The van der Waals surface area contributed by atoms with E-state index in [1.807, 2.05) is 25.1 Å². The third-order valence-electron chi connectivity index (χ3n) is 6.04. The third kappa shape index (κ3) is 4.50. The highest BCUT2D eigenvalue weighted by Gasteiger charge is 2.29. The Balaban J connectivity index is 1.87. The topological polar surface area (TPSA) is 130 Å². The van der Waals surface area contributed by atoms with E-state index in [1.165, 1.54) is 17.7 Å². The fraction of sp³-hybridized carbons (Fsp3) is 0.280. The molecule has 0 amide bonds. The number of carbonyl (C=O) groups is 1. The van der Waals surface area contributed by atoms with Crippen molar-refractivity contribution in [3.8, 4) is 5.75 Å². The van der Waals surface area contributed by atoms with Gasteiger partial charge in [-0.15, -0.1) is 0 Å². The second-order valence-corrected chi connectivity index (χ2v) is 8.35. The predicted octanol–water partition coefficient (Wildman–Crippen LogP) is 2.67. The summed E-state index contributed by atoms with van der Waals surface area (Å²) in [4.78, 5) is 48.8. The summed E-state index contributed by atoms with van der Waals surface area (Å²) in [5, 5.41) is 11.6. The largest absolute Gasteiger partial charge is 0.507 e. The van der Waals surface area contributed by atoms with Crippen LogP contribution in [0.2, 0.25) is 0 Å². The number of aromatic amines is 2. The second-order valence-electron chi connectivity index (χ2n) is 8.35. The highest BCUT2D eigenvalue weighted by molar-refractivity contribution is 5.80. The van der Waals surface area contributed by atoms with Gasteiger partial charge in [0, 0.05) is 47.5 Å².